The average Bonchev–Trinajstić information content (AvgIpc) is 2.93. The molecule has 5 heteroatoms. The van der Waals surface area contributed by atoms with Gasteiger partial charge in [-0.15, -0.1) is 0 Å². The van der Waals surface area contributed by atoms with Crippen molar-refractivity contribution >= 4 is 11.7 Å². The van der Waals surface area contributed by atoms with E-state index in [0.717, 1.165) is 17.8 Å². The van der Waals surface area contributed by atoms with Gasteiger partial charge in [-0.05, 0) is 31.5 Å². The van der Waals surface area contributed by atoms with E-state index in [1.54, 1.807) is 10.9 Å². The van der Waals surface area contributed by atoms with Crippen LogP contribution in [0.25, 0.3) is 5.69 Å². The minimum Gasteiger partial charge on any atom is -0.335 e. The summed E-state index contributed by atoms with van der Waals surface area (Å²) in [6.07, 6.45) is 4.44. The Kier molecular flexibility index (Phi) is 4.18. The molecule has 1 atom stereocenters. The van der Waals surface area contributed by atoms with Crippen molar-refractivity contribution in [3.8, 4) is 5.69 Å². The molecule has 0 aliphatic rings. The molecular weight excluding hydrogens is 240 g/mol. The summed E-state index contributed by atoms with van der Waals surface area (Å²) in [6, 6.07) is 9.35. The zero-order chi connectivity index (χ0) is 13.7. The van der Waals surface area contributed by atoms with Crippen LogP contribution >= 0.6 is 0 Å². The standard InChI is InChI=1S/C14H18N4O/c1-3-11(2)16-14(19)17-12-7-4-5-8-13(12)18-10-6-9-15-18/h4-11H,3H2,1-2H3,(H2,16,17,19)/t11-/m1/s1. The average molecular weight is 258 g/mol. The molecule has 0 spiro atoms. The van der Waals surface area contributed by atoms with Crippen molar-refractivity contribution < 1.29 is 4.79 Å². The molecule has 19 heavy (non-hydrogen) atoms. The fourth-order valence-electron chi connectivity index (χ4n) is 1.67. The number of hydrogen-bond donors (Lipinski definition) is 2. The SMILES string of the molecule is CC[C@@H](C)NC(=O)Nc1ccccc1-n1cccn1. The number of para-hydroxylation sites is 2. The minimum atomic E-state index is -0.200. The summed E-state index contributed by atoms with van der Waals surface area (Å²) in [5.41, 5.74) is 1.57. The van der Waals surface area contributed by atoms with Crippen LogP contribution < -0.4 is 10.6 Å². The Hall–Kier alpha value is -2.30. The van der Waals surface area contributed by atoms with Crippen molar-refractivity contribution in [2.75, 3.05) is 5.32 Å². The van der Waals surface area contributed by atoms with Crippen LogP contribution in [0.5, 0.6) is 0 Å². The predicted molar refractivity (Wildman–Crippen MR) is 75.5 cm³/mol. The lowest BCUT2D eigenvalue weighted by Gasteiger charge is -2.14. The zero-order valence-electron chi connectivity index (χ0n) is 11.1. The lowest BCUT2D eigenvalue weighted by atomic mass is 10.2. The second-order valence-electron chi connectivity index (χ2n) is 4.38. The van der Waals surface area contributed by atoms with Gasteiger partial charge in [-0.2, -0.15) is 5.10 Å². The number of anilines is 1. The Bertz CT molecular complexity index is 536. The van der Waals surface area contributed by atoms with Gasteiger partial charge >= 0.3 is 6.03 Å². The number of rotatable bonds is 4. The number of hydrogen-bond acceptors (Lipinski definition) is 2. The molecule has 1 aromatic carbocycles. The van der Waals surface area contributed by atoms with Crippen molar-refractivity contribution in [3.05, 3.63) is 42.7 Å². The van der Waals surface area contributed by atoms with E-state index in [4.69, 9.17) is 0 Å². The summed E-state index contributed by atoms with van der Waals surface area (Å²) >= 11 is 0. The van der Waals surface area contributed by atoms with E-state index in [9.17, 15) is 4.79 Å². The maximum atomic E-state index is 11.9. The van der Waals surface area contributed by atoms with Gasteiger partial charge in [0.05, 0.1) is 11.4 Å². The molecule has 5 nitrogen and oxygen atoms in total. The normalized spacial score (nSPS) is 11.9. The molecule has 0 bridgehead atoms. The topological polar surface area (TPSA) is 59.0 Å². The lowest BCUT2D eigenvalue weighted by molar-refractivity contribution is 0.249. The van der Waals surface area contributed by atoms with Crippen molar-refractivity contribution in [3.63, 3.8) is 0 Å². The van der Waals surface area contributed by atoms with Crippen molar-refractivity contribution in [2.45, 2.75) is 26.3 Å². The van der Waals surface area contributed by atoms with Crippen LogP contribution in [0, 0.1) is 0 Å². The van der Waals surface area contributed by atoms with Gasteiger partial charge in [0, 0.05) is 18.4 Å². The van der Waals surface area contributed by atoms with Gasteiger partial charge in [0.25, 0.3) is 0 Å². The first-order valence-electron chi connectivity index (χ1n) is 6.37. The maximum absolute atomic E-state index is 11.9. The molecule has 0 aliphatic heterocycles. The van der Waals surface area contributed by atoms with Gasteiger partial charge < -0.3 is 10.6 Å². The van der Waals surface area contributed by atoms with E-state index in [-0.39, 0.29) is 12.1 Å². The second kappa shape index (κ2) is 6.04. The second-order valence-corrected chi connectivity index (χ2v) is 4.38. The summed E-state index contributed by atoms with van der Waals surface area (Å²) in [5, 5.41) is 9.90. The molecule has 0 radical (unpaired) electrons. The Balaban J connectivity index is 2.15. The maximum Gasteiger partial charge on any atom is 0.319 e. The van der Waals surface area contributed by atoms with Gasteiger partial charge in [0.15, 0.2) is 0 Å². The van der Waals surface area contributed by atoms with Crippen LogP contribution in [-0.2, 0) is 0 Å². The molecule has 2 N–H and O–H groups in total. The molecule has 100 valence electrons. The fourth-order valence-corrected chi connectivity index (χ4v) is 1.67. The smallest absolute Gasteiger partial charge is 0.319 e. The van der Waals surface area contributed by atoms with E-state index in [1.165, 1.54) is 0 Å². The van der Waals surface area contributed by atoms with Crippen LogP contribution in [-0.4, -0.2) is 21.9 Å². The molecule has 0 fully saturated rings. The van der Waals surface area contributed by atoms with Crippen LogP contribution in [0.4, 0.5) is 10.5 Å². The van der Waals surface area contributed by atoms with E-state index in [2.05, 4.69) is 15.7 Å². The van der Waals surface area contributed by atoms with E-state index in [1.807, 2.05) is 50.4 Å². The zero-order valence-corrected chi connectivity index (χ0v) is 11.1. The first-order valence-corrected chi connectivity index (χ1v) is 6.37. The molecule has 2 amide bonds. The number of amides is 2. The molecule has 2 rings (SSSR count). The number of urea groups is 1. The van der Waals surface area contributed by atoms with Crippen molar-refractivity contribution in [1.82, 2.24) is 15.1 Å². The molecule has 0 saturated carbocycles. The summed E-state index contributed by atoms with van der Waals surface area (Å²) in [7, 11) is 0. The molecular formula is C14H18N4O. The largest absolute Gasteiger partial charge is 0.335 e. The highest BCUT2D eigenvalue weighted by Crippen LogP contribution is 2.18. The number of nitrogens with zero attached hydrogens (tertiary/aromatic N) is 2. The summed E-state index contributed by atoms with van der Waals surface area (Å²) in [4.78, 5) is 11.9. The first-order chi connectivity index (χ1) is 9.20. The van der Waals surface area contributed by atoms with Crippen molar-refractivity contribution in [1.29, 1.82) is 0 Å². The third-order valence-corrected chi connectivity index (χ3v) is 2.89. The Morgan fingerprint density at radius 1 is 1.37 bits per heavy atom. The predicted octanol–water partition coefficient (Wildman–Crippen LogP) is 2.79. The fraction of sp³-hybridized carbons (Fsp3) is 0.286. The Labute approximate surface area is 112 Å². The molecule has 1 aromatic heterocycles. The summed E-state index contributed by atoms with van der Waals surface area (Å²) < 4.78 is 1.72. The number of benzene rings is 1. The molecule has 2 aromatic rings. The quantitative estimate of drug-likeness (QED) is 0.886. The van der Waals surface area contributed by atoms with Gasteiger partial charge in [-0.1, -0.05) is 19.1 Å². The molecule has 1 heterocycles. The van der Waals surface area contributed by atoms with Crippen LogP contribution in [0.15, 0.2) is 42.7 Å². The van der Waals surface area contributed by atoms with Gasteiger partial charge in [-0.3, -0.25) is 0 Å². The van der Waals surface area contributed by atoms with Crippen LogP contribution in [0.1, 0.15) is 20.3 Å². The van der Waals surface area contributed by atoms with E-state index >= 15 is 0 Å². The Morgan fingerprint density at radius 3 is 2.84 bits per heavy atom. The summed E-state index contributed by atoms with van der Waals surface area (Å²) in [6.45, 7) is 4.00. The molecule has 0 saturated heterocycles. The third-order valence-electron chi connectivity index (χ3n) is 2.89. The Morgan fingerprint density at radius 2 is 2.16 bits per heavy atom. The van der Waals surface area contributed by atoms with Crippen molar-refractivity contribution in [2.24, 2.45) is 0 Å². The highest BCUT2D eigenvalue weighted by Gasteiger charge is 2.09. The number of carbonyl (C=O) groups is 1. The number of carbonyl (C=O) groups excluding carboxylic acids is 1. The van der Waals surface area contributed by atoms with E-state index in [0.29, 0.717) is 0 Å². The molecule has 0 unspecified atom stereocenters. The molecule has 0 aliphatic carbocycles. The summed E-state index contributed by atoms with van der Waals surface area (Å²) in [5.74, 6) is 0. The number of aromatic nitrogens is 2. The third kappa shape index (κ3) is 3.34. The first kappa shape index (κ1) is 13.1. The minimum absolute atomic E-state index is 0.150. The van der Waals surface area contributed by atoms with Crippen LogP contribution in [0.2, 0.25) is 0 Å². The lowest BCUT2D eigenvalue weighted by Crippen LogP contribution is -2.35. The van der Waals surface area contributed by atoms with Gasteiger partial charge in [-0.25, -0.2) is 9.48 Å². The number of nitrogens with one attached hydrogen (secondary N) is 2. The van der Waals surface area contributed by atoms with Crippen LogP contribution in [0.3, 0.4) is 0 Å². The highest BCUT2D eigenvalue weighted by atomic mass is 16.2. The van der Waals surface area contributed by atoms with Gasteiger partial charge in [0.2, 0.25) is 0 Å². The van der Waals surface area contributed by atoms with E-state index < -0.39 is 0 Å². The monoisotopic (exact) mass is 258 g/mol. The van der Waals surface area contributed by atoms with Gasteiger partial charge in [0.1, 0.15) is 0 Å². The highest BCUT2D eigenvalue weighted by molar-refractivity contribution is 5.91.